The molecule has 6 heteroatoms. The second kappa shape index (κ2) is 10.3. The van der Waals surface area contributed by atoms with Crippen molar-refractivity contribution in [3.63, 3.8) is 0 Å². The van der Waals surface area contributed by atoms with Crippen LogP contribution in [-0.2, 0) is 4.79 Å². The van der Waals surface area contributed by atoms with Gasteiger partial charge in [0.25, 0.3) is 0 Å². The predicted octanol–water partition coefficient (Wildman–Crippen LogP) is 3.27. The van der Waals surface area contributed by atoms with Gasteiger partial charge in [-0.1, -0.05) is 0 Å². The summed E-state index contributed by atoms with van der Waals surface area (Å²) in [6, 6.07) is 7.31. The molecule has 5 nitrogen and oxygen atoms in total. The summed E-state index contributed by atoms with van der Waals surface area (Å²) >= 11 is 0. The third-order valence-corrected chi connectivity index (χ3v) is 4.45. The lowest BCUT2D eigenvalue weighted by Crippen LogP contribution is -2.36. The number of halogens is 1. The first-order valence-electron chi connectivity index (χ1n) is 8.22. The van der Waals surface area contributed by atoms with Crippen molar-refractivity contribution in [2.45, 2.75) is 32.1 Å². The van der Waals surface area contributed by atoms with Crippen molar-refractivity contribution in [2.75, 3.05) is 26.7 Å². The molecule has 1 aromatic carbocycles. The minimum absolute atomic E-state index is 0. The maximum absolute atomic E-state index is 12.5. The van der Waals surface area contributed by atoms with Gasteiger partial charge in [0.05, 0.1) is 7.11 Å². The number of carboxylic acids is 1. The third-order valence-electron chi connectivity index (χ3n) is 4.45. The number of hydrogen-bond donors (Lipinski definition) is 1. The molecule has 0 atom stereocenters. The van der Waals surface area contributed by atoms with Crippen molar-refractivity contribution in [1.29, 1.82) is 0 Å². The van der Waals surface area contributed by atoms with E-state index in [1.807, 2.05) is 24.3 Å². The summed E-state index contributed by atoms with van der Waals surface area (Å²) in [4.78, 5) is 25.3. The van der Waals surface area contributed by atoms with Gasteiger partial charge in [-0.25, -0.2) is 0 Å². The van der Waals surface area contributed by atoms with Crippen LogP contribution in [-0.4, -0.2) is 48.5 Å². The van der Waals surface area contributed by atoms with Crippen LogP contribution < -0.4 is 4.74 Å². The predicted molar refractivity (Wildman–Crippen MR) is 95.2 cm³/mol. The number of carbonyl (C=O) groups is 2. The largest absolute Gasteiger partial charge is 0.497 e. The molecular formula is C18H26ClNO4. The van der Waals surface area contributed by atoms with Crippen LogP contribution in [0.4, 0.5) is 0 Å². The Morgan fingerprint density at radius 1 is 1.17 bits per heavy atom. The lowest BCUT2D eigenvalue weighted by atomic mass is 9.89. The lowest BCUT2D eigenvalue weighted by Gasteiger charge is -2.31. The number of methoxy groups -OCH3 is 1. The third kappa shape index (κ3) is 6.13. The van der Waals surface area contributed by atoms with E-state index >= 15 is 0 Å². The lowest BCUT2D eigenvalue weighted by molar-refractivity contribution is -0.137. The normalized spacial score (nSPS) is 15.5. The number of rotatable bonds is 8. The van der Waals surface area contributed by atoms with E-state index in [9.17, 15) is 9.59 Å². The summed E-state index contributed by atoms with van der Waals surface area (Å²) in [5.41, 5.74) is 0.755. The molecule has 0 spiro atoms. The van der Waals surface area contributed by atoms with Gasteiger partial charge in [0.1, 0.15) is 5.75 Å². The number of Topliss-reactive ketones (excluding diaryl/α,β-unsaturated/α-hetero) is 1. The van der Waals surface area contributed by atoms with E-state index in [0.29, 0.717) is 0 Å². The van der Waals surface area contributed by atoms with Gasteiger partial charge in [-0.2, -0.15) is 0 Å². The van der Waals surface area contributed by atoms with Gasteiger partial charge in [0.15, 0.2) is 5.78 Å². The molecule has 1 aliphatic rings. The average Bonchev–Trinajstić information content (AvgIpc) is 2.58. The highest BCUT2D eigenvalue weighted by Crippen LogP contribution is 2.23. The highest BCUT2D eigenvalue weighted by molar-refractivity contribution is 5.98. The number of aliphatic carboxylic acids is 1. The molecule has 0 amide bonds. The maximum Gasteiger partial charge on any atom is 0.303 e. The van der Waals surface area contributed by atoms with Gasteiger partial charge in [0, 0.05) is 17.9 Å². The molecule has 134 valence electrons. The van der Waals surface area contributed by atoms with Gasteiger partial charge in [-0.3, -0.25) is 9.59 Å². The fraction of sp³-hybridized carbons (Fsp3) is 0.556. The van der Waals surface area contributed by atoms with E-state index in [1.54, 1.807) is 7.11 Å². The summed E-state index contributed by atoms with van der Waals surface area (Å²) in [5.74, 6) is 0.350. The number of benzene rings is 1. The van der Waals surface area contributed by atoms with Crippen molar-refractivity contribution in [2.24, 2.45) is 5.92 Å². The molecule has 1 fully saturated rings. The van der Waals surface area contributed by atoms with Gasteiger partial charge >= 0.3 is 5.97 Å². The monoisotopic (exact) mass is 355 g/mol. The first kappa shape index (κ1) is 20.5. The zero-order chi connectivity index (χ0) is 16.7. The number of unbranched alkanes of at least 4 members (excludes halogenated alkanes) is 1. The van der Waals surface area contributed by atoms with Crippen molar-refractivity contribution in [3.05, 3.63) is 29.8 Å². The number of hydrogen-bond acceptors (Lipinski definition) is 4. The van der Waals surface area contributed by atoms with E-state index in [1.165, 1.54) is 0 Å². The first-order chi connectivity index (χ1) is 11.1. The Balaban J connectivity index is 0.00000288. The molecule has 0 unspecified atom stereocenters. The van der Waals surface area contributed by atoms with E-state index in [2.05, 4.69) is 4.90 Å². The number of likely N-dealkylation sites (tertiary alicyclic amines) is 1. The van der Waals surface area contributed by atoms with Gasteiger partial charge in [-0.15, -0.1) is 12.4 Å². The zero-order valence-corrected chi connectivity index (χ0v) is 14.9. The minimum atomic E-state index is -0.728. The summed E-state index contributed by atoms with van der Waals surface area (Å²) in [6.07, 6.45) is 3.63. The molecule has 1 saturated heterocycles. The Kier molecular flexibility index (Phi) is 8.79. The quantitative estimate of drug-likeness (QED) is 0.572. The second-order valence-corrected chi connectivity index (χ2v) is 6.06. The van der Waals surface area contributed by atoms with Crippen LogP contribution in [0.3, 0.4) is 0 Å². The summed E-state index contributed by atoms with van der Waals surface area (Å²) in [6.45, 7) is 2.76. The number of ether oxygens (including phenoxy) is 1. The van der Waals surface area contributed by atoms with E-state index in [4.69, 9.17) is 9.84 Å². The molecular weight excluding hydrogens is 330 g/mol. The minimum Gasteiger partial charge on any atom is -0.497 e. The van der Waals surface area contributed by atoms with Crippen LogP contribution in [0.15, 0.2) is 24.3 Å². The smallest absolute Gasteiger partial charge is 0.303 e. The molecule has 1 aliphatic heterocycles. The number of piperidine rings is 1. The van der Waals surface area contributed by atoms with Gasteiger partial charge < -0.3 is 14.7 Å². The molecule has 24 heavy (non-hydrogen) atoms. The van der Waals surface area contributed by atoms with Gasteiger partial charge in [-0.05, 0) is 69.6 Å². The summed E-state index contributed by atoms with van der Waals surface area (Å²) in [7, 11) is 1.61. The van der Waals surface area contributed by atoms with Gasteiger partial charge in [0.2, 0.25) is 0 Å². The topological polar surface area (TPSA) is 66.8 Å². The van der Waals surface area contributed by atoms with Crippen LogP contribution in [0.25, 0.3) is 0 Å². The number of carbonyl (C=O) groups excluding carboxylic acids is 1. The van der Waals surface area contributed by atoms with Crippen LogP contribution >= 0.6 is 12.4 Å². The average molecular weight is 356 g/mol. The van der Waals surface area contributed by atoms with Crippen LogP contribution in [0.1, 0.15) is 42.5 Å². The fourth-order valence-electron chi connectivity index (χ4n) is 3.02. The second-order valence-electron chi connectivity index (χ2n) is 6.06. The molecule has 1 aromatic rings. The Bertz CT molecular complexity index is 524. The van der Waals surface area contributed by atoms with Crippen LogP contribution in [0.5, 0.6) is 5.75 Å². The Labute approximate surface area is 149 Å². The first-order valence-corrected chi connectivity index (χ1v) is 8.22. The molecule has 0 radical (unpaired) electrons. The standard InChI is InChI=1S/C18H25NO4.ClH/c1-23-16-7-5-14(6-8-16)18(22)15-9-12-19(13-10-15)11-3-2-4-17(20)21;/h5-8,15H,2-4,9-13H2,1H3,(H,20,21);1H. The van der Waals surface area contributed by atoms with Crippen molar-refractivity contribution in [3.8, 4) is 5.75 Å². The van der Waals surface area contributed by atoms with Crippen molar-refractivity contribution < 1.29 is 19.4 Å². The molecule has 0 bridgehead atoms. The highest BCUT2D eigenvalue weighted by atomic mass is 35.5. The molecule has 1 heterocycles. The molecule has 0 aromatic heterocycles. The van der Waals surface area contributed by atoms with E-state index in [0.717, 1.165) is 56.6 Å². The number of ketones is 1. The zero-order valence-electron chi connectivity index (χ0n) is 14.1. The number of nitrogens with zero attached hydrogens (tertiary/aromatic N) is 1. The van der Waals surface area contributed by atoms with Crippen molar-refractivity contribution in [1.82, 2.24) is 4.90 Å². The Hall–Kier alpha value is -1.59. The number of carboxylic acid groups (broad SMARTS) is 1. The van der Waals surface area contributed by atoms with Crippen LogP contribution in [0, 0.1) is 5.92 Å². The summed E-state index contributed by atoms with van der Waals surface area (Å²) in [5, 5.41) is 8.63. The summed E-state index contributed by atoms with van der Waals surface area (Å²) < 4.78 is 5.12. The maximum atomic E-state index is 12.5. The Morgan fingerprint density at radius 2 is 1.79 bits per heavy atom. The molecule has 0 aliphatic carbocycles. The van der Waals surface area contributed by atoms with E-state index < -0.39 is 5.97 Å². The van der Waals surface area contributed by atoms with E-state index in [-0.39, 0.29) is 30.5 Å². The van der Waals surface area contributed by atoms with Crippen LogP contribution in [0.2, 0.25) is 0 Å². The molecule has 0 saturated carbocycles. The highest BCUT2D eigenvalue weighted by Gasteiger charge is 2.25. The fourth-order valence-corrected chi connectivity index (χ4v) is 3.02. The molecule has 2 rings (SSSR count). The van der Waals surface area contributed by atoms with Crippen molar-refractivity contribution >= 4 is 24.2 Å². The molecule has 1 N–H and O–H groups in total. The Morgan fingerprint density at radius 3 is 2.33 bits per heavy atom. The SMILES string of the molecule is COc1ccc(C(=O)C2CCN(CCCCC(=O)O)CC2)cc1.Cl.